The average Bonchev–Trinajstić information content (AvgIpc) is 3.06. The number of amides is 1. The molecule has 1 atom stereocenters. The van der Waals surface area contributed by atoms with Gasteiger partial charge in [0.15, 0.2) is 0 Å². The zero-order chi connectivity index (χ0) is 21.0. The van der Waals surface area contributed by atoms with Crippen molar-refractivity contribution in [2.24, 2.45) is 0 Å². The normalized spacial score (nSPS) is 12.6. The Morgan fingerprint density at radius 2 is 1.93 bits per heavy atom. The fourth-order valence-electron chi connectivity index (χ4n) is 2.56. The van der Waals surface area contributed by atoms with Crippen molar-refractivity contribution in [2.45, 2.75) is 29.8 Å². The number of carbonyl (C=O) groups excluding carboxylic acids is 1. The average molecular weight is 424 g/mol. The van der Waals surface area contributed by atoms with Crippen molar-refractivity contribution in [3.8, 4) is 5.69 Å². The second-order valence-electron chi connectivity index (χ2n) is 6.04. The number of nitrogens with zero attached hydrogens (tertiary/aromatic N) is 1. The Kier molecular flexibility index (Phi) is 6.12. The van der Waals surface area contributed by atoms with Crippen LogP contribution in [0.3, 0.4) is 0 Å². The first kappa shape index (κ1) is 20.7. The van der Waals surface area contributed by atoms with E-state index in [9.17, 15) is 22.8 Å². The second kappa shape index (κ2) is 8.56. The highest BCUT2D eigenvalue weighted by atomic mass is 32.2. The third-order valence-corrected chi connectivity index (χ3v) is 5.40. The Hall–Kier alpha value is -3.01. The summed E-state index contributed by atoms with van der Waals surface area (Å²) < 4.78 is 44.9. The quantitative estimate of drug-likeness (QED) is 0.466. The van der Waals surface area contributed by atoms with Crippen molar-refractivity contribution in [1.29, 1.82) is 0 Å². The number of halogens is 3. The van der Waals surface area contributed by atoms with Crippen LogP contribution in [0.25, 0.3) is 5.69 Å². The molecular weight excluding hydrogens is 407 g/mol. The number of carbonyl (C=O) groups is 1. The Balaban J connectivity index is 1.80. The minimum absolute atomic E-state index is 0.0286. The maximum Gasteiger partial charge on any atom is 0.442 e. The summed E-state index contributed by atoms with van der Waals surface area (Å²) in [7, 11) is 0. The van der Waals surface area contributed by atoms with Crippen molar-refractivity contribution >= 4 is 23.4 Å². The van der Waals surface area contributed by atoms with Crippen molar-refractivity contribution in [1.82, 2.24) is 5.27 Å². The van der Waals surface area contributed by atoms with E-state index in [-0.39, 0.29) is 10.7 Å². The van der Waals surface area contributed by atoms with Gasteiger partial charge in [-0.2, -0.15) is 13.2 Å². The predicted octanol–water partition coefficient (Wildman–Crippen LogP) is 3.77. The highest BCUT2D eigenvalue weighted by Gasteiger charge is 2.32. The third kappa shape index (κ3) is 4.89. The van der Waals surface area contributed by atoms with Gasteiger partial charge >= 0.3 is 16.8 Å². The van der Waals surface area contributed by atoms with E-state index in [1.807, 2.05) is 6.07 Å². The van der Waals surface area contributed by atoms with Crippen molar-refractivity contribution < 1.29 is 27.2 Å². The Morgan fingerprint density at radius 3 is 2.59 bits per heavy atom. The number of alkyl halides is 3. The van der Waals surface area contributed by atoms with Crippen LogP contribution in [0.1, 0.15) is 18.9 Å². The van der Waals surface area contributed by atoms with E-state index in [1.165, 1.54) is 16.8 Å². The third-order valence-electron chi connectivity index (χ3n) is 4.00. The molecule has 0 spiro atoms. The van der Waals surface area contributed by atoms with Crippen LogP contribution >= 0.6 is 11.8 Å². The summed E-state index contributed by atoms with van der Waals surface area (Å²) >= 11 is 0.972. The Bertz CT molecular complexity index is 1050. The maximum absolute atomic E-state index is 12.9. The first-order valence-corrected chi connectivity index (χ1v) is 9.51. The number of hydrogen-bond donors (Lipinski definition) is 2. The zero-order valence-electron chi connectivity index (χ0n) is 15.2. The number of aromatic nitrogens is 2. The molecule has 1 aromatic heterocycles. The number of aromatic amines is 1. The van der Waals surface area contributed by atoms with Gasteiger partial charge in [0.05, 0.1) is 10.8 Å². The van der Waals surface area contributed by atoms with Crippen LogP contribution < -0.4 is 15.6 Å². The van der Waals surface area contributed by atoms with Gasteiger partial charge in [0, 0.05) is 17.8 Å². The molecule has 0 bridgehead atoms. The molecule has 1 heterocycles. The summed E-state index contributed by atoms with van der Waals surface area (Å²) in [5.41, 5.74) is -0.844. The van der Waals surface area contributed by atoms with Crippen LogP contribution in [0.2, 0.25) is 0 Å². The minimum atomic E-state index is -4.51. The lowest BCUT2D eigenvalue weighted by molar-refractivity contribution is -0.704. The van der Waals surface area contributed by atoms with E-state index in [1.54, 1.807) is 31.2 Å². The molecule has 0 aliphatic heterocycles. The molecule has 3 rings (SSSR count). The number of anilines is 1. The van der Waals surface area contributed by atoms with Crippen molar-refractivity contribution in [3.05, 3.63) is 70.6 Å². The van der Waals surface area contributed by atoms with Gasteiger partial charge < -0.3 is 5.32 Å². The largest absolute Gasteiger partial charge is 0.442 e. The predicted molar refractivity (Wildman–Crippen MR) is 101 cm³/mol. The maximum atomic E-state index is 12.9. The Labute approximate surface area is 167 Å². The fraction of sp³-hybridized carbons (Fsp3) is 0.211. The van der Waals surface area contributed by atoms with Crippen LogP contribution in [0.4, 0.5) is 18.9 Å². The molecule has 0 saturated heterocycles. The number of hydrogen-bond acceptors (Lipinski definition) is 4. The lowest BCUT2D eigenvalue weighted by Gasteiger charge is -2.13. The number of nitrogens with one attached hydrogen (secondary N) is 2. The fourth-order valence-corrected chi connectivity index (χ4v) is 3.55. The SMILES string of the molecule is CCC(Sc1c(=O)o[nH][n+]1-c1ccccc1)C(=O)Nc1cccc(C(F)(F)F)c1. The summed E-state index contributed by atoms with van der Waals surface area (Å²) in [6.45, 7) is 1.74. The first-order valence-electron chi connectivity index (χ1n) is 8.63. The lowest BCUT2D eigenvalue weighted by atomic mass is 10.2. The van der Waals surface area contributed by atoms with E-state index < -0.39 is 28.5 Å². The van der Waals surface area contributed by atoms with E-state index in [4.69, 9.17) is 4.52 Å². The summed E-state index contributed by atoms with van der Waals surface area (Å²) in [5, 5.41) is 4.40. The lowest BCUT2D eigenvalue weighted by Crippen LogP contribution is -2.37. The number of thioether (sulfide) groups is 1. The highest BCUT2D eigenvalue weighted by molar-refractivity contribution is 8.00. The molecule has 152 valence electrons. The molecule has 0 saturated carbocycles. The zero-order valence-corrected chi connectivity index (χ0v) is 16.0. The highest BCUT2D eigenvalue weighted by Crippen LogP contribution is 2.31. The van der Waals surface area contributed by atoms with Crippen LogP contribution in [-0.2, 0) is 11.0 Å². The molecule has 1 amide bonds. The molecule has 1 unspecified atom stereocenters. The second-order valence-corrected chi connectivity index (χ2v) is 7.23. The number of rotatable bonds is 6. The molecular formula is C19H17F3N3O3S+. The molecule has 3 aromatic rings. The number of benzene rings is 2. The standard InChI is InChI=1S/C19H16F3N3O3S/c1-2-15(16(26)23-13-8-6-7-12(11-13)19(20,21)22)29-17-18(27)28-24-25(17)14-9-4-3-5-10-14/h3-11,15H,2H2,1H3,(H-,23,24,26,27)/p+1. The van der Waals surface area contributed by atoms with Gasteiger partial charge in [0.1, 0.15) is 0 Å². The molecule has 0 radical (unpaired) electrons. The van der Waals surface area contributed by atoms with E-state index in [0.717, 1.165) is 23.9 Å². The monoisotopic (exact) mass is 424 g/mol. The van der Waals surface area contributed by atoms with E-state index in [2.05, 4.69) is 10.6 Å². The summed E-state index contributed by atoms with van der Waals surface area (Å²) in [6, 6.07) is 13.2. The number of para-hydroxylation sites is 1. The van der Waals surface area contributed by atoms with Crippen LogP contribution in [0, 0.1) is 0 Å². The van der Waals surface area contributed by atoms with Crippen LogP contribution in [0.5, 0.6) is 0 Å². The molecule has 6 nitrogen and oxygen atoms in total. The molecule has 29 heavy (non-hydrogen) atoms. The molecule has 2 N–H and O–H groups in total. The first-order chi connectivity index (χ1) is 13.8. The van der Waals surface area contributed by atoms with Gasteiger partial charge in [-0.05, 0) is 46.3 Å². The minimum Gasteiger partial charge on any atom is -0.325 e. The molecule has 0 aliphatic rings. The smallest absolute Gasteiger partial charge is 0.325 e. The van der Waals surface area contributed by atoms with Gasteiger partial charge in [-0.25, -0.2) is 4.79 Å². The van der Waals surface area contributed by atoms with Gasteiger partial charge in [-0.3, -0.25) is 9.32 Å². The van der Waals surface area contributed by atoms with Gasteiger partial charge in [-0.1, -0.05) is 31.2 Å². The van der Waals surface area contributed by atoms with Gasteiger partial charge in [0.2, 0.25) is 11.6 Å². The van der Waals surface area contributed by atoms with Crippen molar-refractivity contribution in [3.63, 3.8) is 0 Å². The molecule has 2 aromatic carbocycles. The molecule has 10 heteroatoms. The van der Waals surface area contributed by atoms with Crippen LogP contribution in [-0.4, -0.2) is 16.4 Å². The van der Waals surface area contributed by atoms with Crippen LogP contribution in [0.15, 0.2) is 68.9 Å². The summed E-state index contributed by atoms with van der Waals surface area (Å²) in [4.78, 5) is 24.7. The molecule has 0 aliphatic carbocycles. The van der Waals surface area contributed by atoms with E-state index in [0.29, 0.717) is 12.1 Å². The summed E-state index contributed by atoms with van der Waals surface area (Å²) in [6.07, 6.45) is -4.17. The van der Waals surface area contributed by atoms with Gasteiger partial charge in [-0.15, -0.1) is 0 Å². The number of H-pyrrole nitrogens is 1. The van der Waals surface area contributed by atoms with E-state index >= 15 is 0 Å². The van der Waals surface area contributed by atoms with Gasteiger partial charge in [0.25, 0.3) is 0 Å². The topological polar surface area (TPSA) is 79.0 Å². The summed E-state index contributed by atoms with van der Waals surface area (Å²) in [5.74, 6) is -0.517. The Morgan fingerprint density at radius 1 is 1.21 bits per heavy atom. The molecule has 0 fully saturated rings. The van der Waals surface area contributed by atoms with Crippen molar-refractivity contribution in [2.75, 3.05) is 5.32 Å².